The summed E-state index contributed by atoms with van der Waals surface area (Å²) in [6.07, 6.45) is 0. The summed E-state index contributed by atoms with van der Waals surface area (Å²) in [5.74, 6) is 0.525. The third-order valence-electron chi connectivity index (χ3n) is 3.66. The number of nitrogens with zero attached hydrogens (tertiary/aromatic N) is 1. The van der Waals surface area contributed by atoms with Gasteiger partial charge >= 0.3 is 0 Å². The van der Waals surface area contributed by atoms with Crippen LogP contribution >= 0.6 is 31.9 Å². The van der Waals surface area contributed by atoms with Gasteiger partial charge in [-0.15, -0.1) is 0 Å². The van der Waals surface area contributed by atoms with Gasteiger partial charge in [-0.25, -0.2) is 12.4 Å². The number of benzene rings is 2. The number of fused-ring (bicyclic) bond motifs is 1. The standard InChI is InChI=1S/C17H14Br2NO3S/c1-3-23-17-11(2)20(15-9-8-12(18)10-13(15)17)24(21,22)16-7-5-4-6-14(16)19/h4-10H,1,3H2,2H3. The molecule has 0 unspecified atom stereocenters. The number of halogens is 2. The molecule has 0 N–H and O–H groups in total. The summed E-state index contributed by atoms with van der Waals surface area (Å²) in [6, 6.07) is 12.2. The first-order chi connectivity index (χ1) is 11.4. The monoisotopic (exact) mass is 470 g/mol. The molecule has 1 aromatic heterocycles. The molecule has 0 spiro atoms. The van der Waals surface area contributed by atoms with E-state index in [0.717, 1.165) is 9.86 Å². The topological polar surface area (TPSA) is 48.3 Å². The van der Waals surface area contributed by atoms with Crippen LogP contribution in [-0.2, 0) is 10.0 Å². The number of hydrogen-bond acceptors (Lipinski definition) is 3. The minimum absolute atomic E-state index is 0.203. The number of rotatable bonds is 4. The molecule has 7 heteroatoms. The second-order valence-corrected chi connectivity index (χ2v) is 8.65. The molecular weight excluding hydrogens is 458 g/mol. The average molecular weight is 472 g/mol. The van der Waals surface area contributed by atoms with Gasteiger partial charge in [0.25, 0.3) is 10.0 Å². The van der Waals surface area contributed by atoms with Gasteiger partial charge in [0.05, 0.1) is 17.8 Å². The fraction of sp³-hybridized carbons (Fsp3) is 0.118. The van der Waals surface area contributed by atoms with Gasteiger partial charge in [-0.2, -0.15) is 0 Å². The Labute approximate surface area is 157 Å². The third kappa shape index (κ3) is 2.78. The fourth-order valence-electron chi connectivity index (χ4n) is 2.68. The smallest absolute Gasteiger partial charge is 0.269 e. The predicted molar refractivity (Wildman–Crippen MR) is 102 cm³/mol. The molecule has 0 aliphatic rings. The van der Waals surface area contributed by atoms with E-state index in [2.05, 4.69) is 38.8 Å². The van der Waals surface area contributed by atoms with Crippen molar-refractivity contribution in [3.8, 4) is 5.75 Å². The lowest BCUT2D eigenvalue weighted by atomic mass is 10.2. The summed E-state index contributed by atoms with van der Waals surface area (Å²) in [6.45, 7) is 5.63. The zero-order valence-corrected chi connectivity index (χ0v) is 16.8. The zero-order chi connectivity index (χ0) is 17.5. The molecule has 0 saturated heterocycles. The van der Waals surface area contributed by atoms with Crippen LogP contribution in [0.3, 0.4) is 0 Å². The Kier molecular flexibility index (Phi) is 4.77. The highest BCUT2D eigenvalue weighted by Crippen LogP contribution is 2.38. The molecule has 0 atom stereocenters. The molecular formula is C17H14Br2NO3S. The minimum Gasteiger partial charge on any atom is -0.491 e. The van der Waals surface area contributed by atoms with E-state index in [0.29, 0.717) is 21.4 Å². The van der Waals surface area contributed by atoms with E-state index < -0.39 is 10.0 Å². The van der Waals surface area contributed by atoms with Gasteiger partial charge in [0, 0.05) is 14.3 Å². The van der Waals surface area contributed by atoms with Crippen LogP contribution in [0.2, 0.25) is 0 Å². The Hall–Kier alpha value is -1.31. The van der Waals surface area contributed by atoms with Crippen LogP contribution in [0.5, 0.6) is 5.75 Å². The Morgan fingerprint density at radius 1 is 1.17 bits per heavy atom. The second kappa shape index (κ2) is 6.54. The first kappa shape index (κ1) is 17.5. The highest BCUT2D eigenvalue weighted by atomic mass is 79.9. The second-order valence-electron chi connectivity index (χ2n) is 5.12. The minimum atomic E-state index is -3.78. The van der Waals surface area contributed by atoms with Crippen LogP contribution in [0.15, 0.2) is 56.3 Å². The largest absolute Gasteiger partial charge is 0.491 e. The SMILES string of the molecule is [CH2]COc1c(C)n(S(=O)(=O)c2ccccc2Br)c2ccc(Br)cc12. The van der Waals surface area contributed by atoms with Gasteiger partial charge in [0.15, 0.2) is 0 Å². The van der Waals surface area contributed by atoms with Gasteiger partial charge in [0.1, 0.15) is 10.6 Å². The normalized spacial score (nSPS) is 11.8. The summed E-state index contributed by atoms with van der Waals surface area (Å²) in [7, 11) is -3.78. The molecule has 0 aliphatic carbocycles. The molecule has 3 rings (SSSR count). The molecule has 0 amide bonds. The molecule has 0 aliphatic heterocycles. The fourth-order valence-corrected chi connectivity index (χ4v) is 5.56. The highest BCUT2D eigenvalue weighted by molar-refractivity contribution is 9.10. The van der Waals surface area contributed by atoms with Crippen molar-refractivity contribution >= 4 is 52.8 Å². The van der Waals surface area contributed by atoms with E-state index in [-0.39, 0.29) is 11.5 Å². The summed E-state index contributed by atoms with van der Waals surface area (Å²) in [5.41, 5.74) is 1.08. The maximum atomic E-state index is 13.2. The van der Waals surface area contributed by atoms with Crippen LogP contribution in [0.4, 0.5) is 0 Å². The van der Waals surface area contributed by atoms with Crippen molar-refractivity contribution in [1.29, 1.82) is 0 Å². The lowest BCUT2D eigenvalue weighted by Crippen LogP contribution is -2.15. The van der Waals surface area contributed by atoms with Crippen molar-refractivity contribution < 1.29 is 13.2 Å². The highest BCUT2D eigenvalue weighted by Gasteiger charge is 2.27. The van der Waals surface area contributed by atoms with E-state index in [4.69, 9.17) is 4.74 Å². The summed E-state index contributed by atoms with van der Waals surface area (Å²) < 4.78 is 34.8. The van der Waals surface area contributed by atoms with Gasteiger partial charge in [-0.3, -0.25) is 0 Å². The predicted octanol–water partition coefficient (Wildman–Crippen LogP) is 4.92. The Balaban J connectivity index is 2.38. The maximum absolute atomic E-state index is 13.2. The van der Waals surface area contributed by atoms with Gasteiger partial charge < -0.3 is 4.74 Å². The average Bonchev–Trinajstić information content (AvgIpc) is 2.80. The molecule has 0 fully saturated rings. The van der Waals surface area contributed by atoms with Crippen molar-refractivity contribution in [3.05, 3.63) is 64.0 Å². The Morgan fingerprint density at radius 3 is 2.54 bits per heavy atom. The number of aromatic nitrogens is 1. The van der Waals surface area contributed by atoms with Gasteiger partial charge in [-0.1, -0.05) is 28.1 Å². The van der Waals surface area contributed by atoms with E-state index in [1.165, 1.54) is 3.97 Å². The number of hydrogen-bond donors (Lipinski definition) is 0. The maximum Gasteiger partial charge on any atom is 0.269 e. The van der Waals surface area contributed by atoms with Crippen LogP contribution in [0.1, 0.15) is 5.69 Å². The van der Waals surface area contributed by atoms with E-state index in [1.807, 2.05) is 12.1 Å². The Bertz CT molecular complexity index is 1030. The van der Waals surface area contributed by atoms with E-state index in [1.54, 1.807) is 37.3 Å². The van der Waals surface area contributed by atoms with Crippen molar-refractivity contribution in [2.24, 2.45) is 0 Å². The summed E-state index contributed by atoms with van der Waals surface area (Å²) >= 11 is 6.75. The molecule has 1 radical (unpaired) electrons. The van der Waals surface area contributed by atoms with Crippen molar-refractivity contribution in [3.63, 3.8) is 0 Å². The van der Waals surface area contributed by atoms with Crippen LogP contribution in [0, 0.1) is 13.8 Å². The zero-order valence-electron chi connectivity index (χ0n) is 12.8. The Morgan fingerprint density at radius 2 is 1.88 bits per heavy atom. The lowest BCUT2D eigenvalue weighted by molar-refractivity contribution is 0.362. The van der Waals surface area contributed by atoms with Crippen molar-refractivity contribution in [2.75, 3.05) is 6.61 Å². The van der Waals surface area contributed by atoms with E-state index >= 15 is 0 Å². The number of ether oxygens (including phenoxy) is 1. The van der Waals surface area contributed by atoms with Crippen LogP contribution in [-0.4, -0.2) is 19.0 Å². The molecule has 1 heterocycles. The third-order valence-corrected chi connectivity index (χ3v) is 6.97. The quantitative estimate of drug-likeness (QED) is 0.542. The summed E-state index contributed by atoms with van der Waals surface area (Å²) in [5, 5.41) is 0.723. The van der Waals surface area contributed by atoms with Crippen molar-refractivity contribution in [1.82, 2.24) is 3.97 Å². The van der Waals surface area contributed by atoms with E-state index in [9.17, 15) is 8.42 Å². The molecule has 4 nitrogen and oxygen atoms in total. The van der Waals surface area contributed by atoms with Gasteiger partial charge in [-0.05, 0) is 60.1 Å². The first-order valence-electron chi connectivity index (χ1n) is 7.10. The summed E-state index contributed by atoms with van der Waals surface area (Å²) in [4.78, 5) is 0.203. The van der Waals surface area contributed by atoms with Crippen molar-refractivity contribution in [2.45, 2.75) is 11.8 Å². The van der Waals surface area contributed by atoms with Crippen LogP contribution < -0.4 is 4.74 Å². The molecule has 125 valence electrons. The molecule has 0 bridgehead atoms. The van der Waals surface area contributed by atoms with Gasteiger partial charge in [0.2, 0.25) is 0 Å². The molecule has 0 saturated carbocycles. The van der Waals surface area contributed by atoms with Crippen LogP contribution in [0.25, 0.3) is 10.9 Å². The first-order valence-corrected chi connectivity index (χ1v) is 10.1. The molecule has 3 aromatic rings. The molecule has 2 aromatic carbocycles. The molecule has 24 heavy (non-hydrogen) atoms. The lowest BCUT2D eigenvalue weighted by Gasteiger charge is -2.11.